The van der Waals surface area contributed by atoms with Crippen molar-refractivity contribution >= 4 is 0 Å². The molecule has 18 heavy (non-hydrogen) atoms. The van der Waals surface area contributed by atoms with Gasteiger partial charge in [-0.15, -0.1) is 0 Å². The van der Waals surface area contributed by atoms with Crippen molar-refractivity contribution in [3.63, 3.8) is 0 Å². The number of rotatable bonds is 8. The molecule has 0 saturated heterocycles. The van der Waals surface area contributed by atoms with Crippen molar-refractivity contribution in [2.24, 2.45) is 0 Å². The smallest absolute Gasteiger partial charge is 0.174 e. The van der Waals surface area contributed by atoms with Gasteiger partial charge in [-0.2, -0.15) is 5.26 Å². The highest BCUT2D eigenvalue weighted by molar-refractivity contribution is 5.28. The minimum absolute atomic E-state index is 0.0815. The molecule has 4 heteroatoms. The van der Waals surface area contributed by atoms with Crippen LogP contribution in [0.4, 0.5) is 0 Å². The summed E-state index contributed by atoms with van der Waals surface area (Å²) in [4.78, 5) is 0. The molecule has 0 aliphatic carbocycles. The lowest BCUT2D eigenvalue weighted by Crippen LogP contribution is -2.31. The van der Waals surface area contributed by atoms with E-state index in [-0.39, 0.29) is 6.61 Å². The number of nitriles is 1. The highest BCUT2D eigenvalue weighted by Crippen LogP contribution is 2.13. The summed E-state index contributed by atoms with van der Waals surface area (Å²) in [6, 6.07) is 10.1. The topological polar surface area (TPSA) is 54.3 Å². The van der Waals surface area contributed by atoms with Crippen LogP contribution in [0.25, 0.3) is 0 Å². The summed E-state index contributed by atoms with van der Waals surface area (Å²) < 4.78 is 10.4. The van der Waals surface area contributed by atoms with E-state index in [0.29, 0.717) is 12.6 Å². The third kappa shape index (κ3) is 5.17. The third-order valence-corrected chi connectivity index (χ3v) is 2.66. The second-order valence-electron chi connectivity index (χ2n) is 4.04. The second-order valence-corrected chi connectivity index (χ2v) is 4.04. The molecule has 0 heterocycles. The molecule has 1 unspecified atom stereocenters. The lowest BCUT2D eigenvalue weighted by atomic mass is 10.2. The molecule has 1 aromatic carbocycles. The van der Waals surface area contributed by atoms with Crippen LogP contribution in [-0.2, 0) is 11.3 Å². The number of benzene rings is 1. The van der Waals surface area contributed by atoms with Crippen molar-refractivity contribution in [1.82, 2.24) is 5.32 Å². The average Bonchev–Trinajstić information content (AvgIpc) is 2.41. The molecule has 0 radical (unpaired) electrons. The predicted octanol–water partition coefficient (Wildman–Crippen LogP) is 2.10. The van der Waals surface area contributed by atoms with E-state index in [1.54, 1.807) is 7.11 Å². The first-order valence-electron chi connectivity index (χ1n) is 6.11. The Kier molecular flexibility index (Phi) is 6.85. The monoisotopic (exact) mass is 248 g/mol. The number of methoxy groups -OCH3 is 1. The molecular formula is C14H20N2O2. The summed E-state index contributed by atoms with van der Waals surface area (Å²) in [5.41, 5.74) is 1.14. The van der Waals surface area contributed by atoms with Crippen LogP contribution in [0.5, 0.6) is 5.75 Å². The lowest BCUT2D eigenvalue weighted by molar-refractivity contribution is 0.164. The Labute approximate surface area is 109 Å². The van der Waals surface area contributed by atoms with E-state index in [9.17, 15) is 0 Å². The molecule has 0 bridgehead atoms. The Morgan fingerprint density at radius 2 is 2.28 bits per heavy atom. The van der Waals surface area contributed by atoms with Crippen LogP contribution in [0.15, 0.2) is 24.3 Å². The van der Waals surface area contributed by atoms with Gasteiger partial charge in [0.25, 0.3) is 0 Å². The quantitative estimate of drug-likeness (QED) is 0.765. The Morgan fingerprint density at radius 3 is 2.94 bits per heavy atom. The largest absolute Gasteiger partial charge is 0.479 e. The van der Waals surface area contributed by atoms with Gasteiger partial charge < -0.3 is 14.8 Å². The number of nitrogens with zero attached hydrogens (tertiary/aromatic N) is 1. The Balaban J connectivity index is 2.48. The highest BCUT2D eigenvalue weighted by Gasteiger charge is 2.05. The van der Waals surface area contributed by atoms with Gasteiger partial charge in [0.2, 0.25) is 0 Å². The second kappa shape index (κ2) is 8.51. The molecule has 0 fully saturated rings. The fraction of sp³-hybridized carbons (Fsp3) is 0.500. The normalized spacial score (nSPS) is 11.8. The zero-order valence-electron chi connectivity index (χ0n) is 11.0. The van der Waals surface area contributed by atoms with E-state index in [2.05, 4.69) is 12.2 Å². The fourth-order valence-corrected chi connectivity index (χ4v) is 1.65. The maximum atomic E-state index is 8.46. The van der Waals surface area contributed by atoms with Gasteiger partial charge in [0.15, 0.2) is 6.61 Å². The number of ether oxygens (including phenoxy) is 2. The summed E-state index contributed by atoms with van der Waals surface area (Å²) in [7, 11) is 1.71. The zero-order valence-corrected chi connectivity index (χ0v) is 11.0. The molecule has 0 aromatic heterocycles. The SMILES string of the molecule is CCC(COC)NCc1cccc(OCC#N)c1. The van der Waals surface area contributed by atoms with Crippen LogP contribution >= 0.6 is 0 Å². The van der Waals surface area contributed by atoms with E-state index < -0.39 is 0 Å². The molecule has 0 saturated carbocycles. The molecule has 1 aromatic rings. The van der Waals surface area contributed by atoms with Crippen molar-refractivity contribution in [2.45, 2.75) is 25.9 Å². The minimum Gasteiger partial charge on any atom is -0.479 e. The molecular weight excluding hydrogens is 228 g/mol. The van der Waals surface area contributed by atoms with Crippen molar-refractivity contribution in [1.29, 1.82) is 5.26 Å². The molecule has 0 amide bonds. The van der Waals surface area contributed by atoms with Crippen LogP contribution in [0.2, 0.25) is 0 Å². The van der Waals surface area contributed by atoms with Crippen molar-refractivity contribution in [3.05, 3.63) is 29.8 Å². The average molecular weight is 248 g/mol. The van der Waals surface area contributed by atoms with Gasteiger partial charge in [-0.3, -0.25) is 0 Å². The van der Waals surface area contributed by atoms with Crippen LogP contribution < -0.4 is 10.1 Å². The maximum absolute atomic E-state index is 8.46. The fourth-order valence-electron chi connectivity index (χ4n) is 1.65. The van der Waals surface area contributed by atoms with Gasteiger partial charge in [-0.05, 0) is 24.1 Å². The molecule has 1 atom stereocenters. The molecule has 4 nitrogen and oxygen atoms in total. The molecule has 98 valence electrons. The summed E-state index contributed by atoms with van der Waals surface area (Å²) in [5, 5.41) is 11.9. The Morgan fingerprint density at radius 1 is 1.44 bits per heavy atom. The number of nitrogens with one attached hydrogen (secondary N) is 1. The molecule has 0 aliphatic heterocycles. The standard InChI is InChI=1S/C14H20N2O2/c1-3-13(11-17-2)16-10-12-5-4-6-14(9-12)18-8-7-15/h4-6,9,13,16H,3,8,10-11H2,1-2H3. The molecule has 1 rings (SSSR count). The third-order valence-electron chi connectivity index (χ3n) is 2.66. The van der Waals surface area contributed by atoms with Gasteiger partial charge in [0.1, 0.15) is 11.8 Å². The summed E-state index contributed by atoms with van der Waals surface area (Å²) in [6.45, 7) is 3.69. The first-order chi connectivity index (χ1) is 8.80. The summed E-state index contributed by atoms with van der Waals surface area (Å²) in [5.74, 6) is 0.732. The van der Waals surface area contributed by atoms with E-state index in [0.717, 1.165) is 24.3 Å². The number of hydrogen-bond acceptors (Lipinski definition) is 4. The van der Waals surface area contributed by atoms with Gasteiger partial charge >= 0.3 is 0 Å². The predicted molar refractivity (Wildman–Crippen MR) is 70.3 cm³/mol. The van der Waals surface area contributed by atoms with Gasteiger partial charge in [-0.1, -0.05) is 19.1 Å². The van der Waals surface area contributed by atoms with Crippen LogP contribution in [0.1, 0.15) is 18.9 Å². The summed E-state index contributed by atoms with van der Waals surface area (Å²) >= 11 is 0. The van der Waals surface area contributed by atoms with Crippen LogP contribution in [0, 0.1) is 11.3 Å². The van der Waals surface area contributed by atoms with Crippen molar-refractivity contribution < 1.29 is 9.47 Å². The van der Waals surface area contributed by atoms with Crippen molar-refractivity contribution in [2.75, 3.05) is 20.3 Å². The zero-order chi connectivity index (χ0) is 13.2. The molecule has 1 N–H and O–H groups in total. The van der Waals surface area contributed by atoms with Gasteiger partial charge in [-0.25, -0.2) is 0 Å². The lowest BCUT2D eigenvalue weighted by Gasteiger charge is -2.16. The highest BCUT2D eigenvalue weighted by atomic mass is 16.5. The first-order valence-corrected chi connectivity index (χ1v) is 6.11. The van der Waals surface area contributed by atoms with E-state index in [1.807, 2.05) is 30.3 Å². The van der Waals surface area contributed by atoms with Gasteiger partial charge in [0.05, 0.1) is 6.61 Å². The van der Waals surface area contributed by atoms with E-state index >= 15 is 0 Å². The van der Waals surface area contributed by atoms with Crippen molar-refractivity contribution in [3.8, 4) is 11.8 Å². The molecule has 0 aliphatic rings. The minimum atomic E-state index is 0.0815. The maximum Gasteiger partial charge on any atom is 0.174 e. The molecule has 0 spiro atoms. The van der Waals surface area contributed by atoms with Crippen LogP contribution in [-0.4, -0.2) is 26.4 Å². The number of hydrogen-bond donors (Lipinski definition) is 1. The summed E-state index contributed by atoms with van der Waals surface area (Å²) in [6.07, 6.45) is 1.03. The Bertz CT molecular complexity index is 388. The van der Waals surface area contributed by atoms with E-state index in [4.69, 9.17) is 14.7 Å². The van der Waals surface area contributed by atoms with Crippen LogP contribution in [0.3, 0.4) is 0 Å². The van der Waals surface area contributed by atoms with Gasteiger partial charge in [0, 0.05) is 19.7 Å². The Hall–Kier alpha value is -1.57. The van der Waals surface area contributed by atoms with E-state index in [1.165, 1.54) is 0 Å². The first kappa shape index (κ1) is 14.5.